The van der Waals surface area contributed by atoms with Gasteiger partial charge in [-0.25, -0.2) is 4.98 Å². The van der Waals surface area contributed by atoms with Crippen molar-refractivity contribution < 1.29 is 9.59 Å². The van der Waals surface area contributed by atoms with Crippen molar-refractivity contribution in [2.24, 2.45) is 0 Å². The fourth-order valence-electron chi connectivity index (χ4n) is 3.16. The number of carbonyl (C=O) groups is 2. The number of aryl methyl sites for hydroxylation is 1. The number of para-hydroxylation sites is 1. The number of hydrogen-bond donors (Lipinski definition) is 2. The molecule has 0 saturated heterocycles. The summed E-state index contributed by atoms with van der Waals surface area (Å²) >= 11 is 0. The van der Waals surface area contributed by atoms with Crippen molar-refractivity contribution >= 4 is 23.2 Å². The maximum absolute atomic E-state index is 12.5. The minimum atomic E-state index is -0.243. The maximum atomic E-state index is 12.5. The lowest BCUT2D eigenvalue weighted by atomic mass is 10.2. The Morgan fingerprint density at radius 1 is 0.839 bits per heavy atom. The van der Waals surface area contributed by atoms with Crippen LogP contribution in [0.1, 0.15) is 32.0 Å². The predicted molar refractivity (Wildman–Crippen MR) is 121 cm³/mol. The smallest absolute Gasteiger partial charge is 0.275 e. The zero-order valence-corrected chi connectivity index (χ0v) is 17.1. The number of anilines is 2. The molecular weight excluding hydrogens is 388 g/mol. The highest BCUT2D eigenvalue weighted by Crippen LogP contribution is 2.15. The third-order valence-electron chi connectivity index (χ3n) is 4.87. The number of benzene rings is 3. The summed E-state index contributed by atoms with van der Waals surface area (Å²) in [4.78, 5) is 28.9. The number of nitrogens with zero attached hydrogens (tertiary/aromatic N) is 2. The molecule has 6 nitrogen and oxygen atoms in total. The molecule has 31 heavy (non-hydrogen) atoms. The average Bonchev–Trinajstić information content (AvgIpc) is 3.26. The first-order valence-corrected chi connectivity index (χ1v) is 9.92. The lowest BCUT2D eigenvalue weighted by Crippen LogP contribution is -2.13. The van der Waals surface area contributed by atoms with Crippen molar-refractivity contribution in [3.63, 3.8) is 0 Å². The van der Waals surface area contributed by atoms with Gasteiger partial charge in [-0.3, -0.25) is 9.59 Å². The van der Waals surface area contributed by atoms with Gasteiger partial charge in [-0.1, -0.05) is 48.5 Å². The molecule has 0 spiro atoms. The number of hydrogen-bond acceptors (Lipinski definition) is 3. The van der Waals surface area contributed by atoms with Crippen molar-refractivity contribution in [1.82, 2.24) is 9.55 Å². The minimum Gasteiger partial charge on any atom is -0.332 e. The maximum Gasteiger partial charge on any atom is 0.275 e. The number of amides is 2. The summed E-state index contributed by atoms with van der Waals surface area (Å²) < 4.78 is 1.85. The predicted octanol–water partition coefficient (Wildman–Crippen LogP) is 4.74. The molecule has 0 fully saturated rings. The Labute approximate surface area is 180 Å². The Hall–Kier alpha value is -4.19. The van der Waals surface area contributed by atoms with Crippen LogP contribution in [0.25, 0.3) is 0 Å². The molecule has 0 aliphatic carbocycles. The summed E-state index contributed by atoms with van der Waals surface area (Å²) in [5, 5.41) is 5.77. The molecule has 0 radical (unpaired) electrons. The van der Waals surface area contributed by atoms with Crippen molar-refractivity contribution in [2.45, 2.75) is 13.5 Å². The zero-order chi connectivity index (χ0) is 21.6. The Morgan fingerprint density at radius 3 is 2.29 bits per heavy atom. The molecule has 1 heterocycles. The standard InChI is InChI=1S/C25H22N4O2/c1-18-7-5-6-10-22(18)28-25(31)23-16-29(17-26-23)15-19-11-13-21(14-12-19)27-24(30)20-8-3-2-4-9-20/h2-14,16-17H,15H2,1H3,(H,27,30)(H,28,31). The zero-order valence-electron chi connectivity index (χ0n) is 17.1. The molecule has 2 amide bonds. The van der Waals surface area contributed by atoms with Gasteiger partial charge in [-0.2, -0.15) is 0 Å². The summed E-state index contributed by atoms with van der Waals surface area (Å²) in [6.45, 7) is 2.51. The lowest BCUT2D eigenvalue weighted by Gasteiger charge is -2.07. The van der Waals surface area contributed by atoms with E-state index in [0.717, 1.165) is 22.5 Å². The molecule has 0 atom stereocenters. The van der Waals surface area contributed by atoms with Crippen LogP contribution in [-0.2, 0) is 6.54 Å². The minimum absolute atomic E-state index is 0.146. The van der Waals surface area contributed by atoms with Crippen LogP contribution >= 0.6 is 0 Å². The number of carbonyl (C=O) groups excluding carboxylic acids is 2. The van der Waals surface area contributed by atoms with E-state index in [1.54, 1.807) is 24.7 Å². The van der Waals surface area contributed by atoms with Gasteiger partial charge in [0.2, 0.25) is 0 Å². The topological polar surface area (TPSA) is 76.0 Å². The summed E-state index contributed by atoms with van der Waals surface area (Å²) in [6.07, 6.45) is 3.36. The van der Waals surface area contributed by atoms with Gasteiger partial charge in [-0.05, 0) is 48.4 Å². The second-order valence-electron chi connectivity index (χ2n) is 7.22. The van der Waals surface area contributed by atoms with Crippen molar-refractivity contribution in [1.29, 1.82) is 0 Å². The van der Waals surface area contributed by atoms with Crippen LogP contribution in [-0.4, -0.2) is 21.4 Å². The van der Waals surface area contributed by atoms with Gasteiger partial charge in [-0.15, -0.1) is 0 Å². The quantitative estimate of drug-likeness (QED) is 0.482. The van der Waals surface area contributed by atoms with Crippen LogP contribution in [0.5, 0.6) is 0 Å². The third-order valence-corrected chi connectivity index (χ3v) is 4.87. The molecule has 4 aromatic rings. The Bertz CT molecular complexity index is 1200. The fourth-order valence-corrected chi connectivity index (χ4v) is 3.16. The van der Waals surface area contributed by atoms with Gasteiger partial charge in [0.25, 0.3) is 11.8 Å². The first-order chi connectivity index (χ1) is 15.1. The van der Waals surface area contributed by atoms with E-state index in [9.17, 15) is 9.59 Å². The summed E-state index contributed by atoms with van der Waals surface area (Å²) in [5.41, 5.74) is 4.49. The third kappa shape index (κ3) is 5.05. The molecule has 0 aliphatic heterocycles. The molecule has 4 rings (SSSR count). The first-order valence-electron chi connectivity index (χ1n) is 9.92. The molecule has 0 unspecified atom stereocenters. The molecule has 0 bridgehead atoms. The van der Waals surface area contributed by atoms with E-state index in [1.807, 2.05) is 78.2 Å². The van der Waals surface area contributed by atoms with Gasteiger partial charge in [0.1, 0.15) is 5.69 Å². The molecule has 1 aromatic heterocycles. The van der Waals surface area contributed by atoms with Crippen molar-refractivity contribution in [3.05, 3.63) is 114 Å². The monoisotopic (exact) mass is 410 g/mol. The average molecular weight is 410 g/mol. The molecule has 6 heteroatoms. The fraction of sp³-hybridized carbons (Fsp3) is 0.0800. The Kier molecular flexibility index (Phi) is 5.89. The number of rotatable bonds is 6. The van der Waals surface area contributed by atoms with E-state index in [4.69, 9.17) is 0 Å². The van der Waals surface area contributed by atoms with Gasteiger partial charge in [0, 0.05) is 29.7 Å². The van der Waals surface area contributed by atoms with Crippen LogP contribution in [0.2, 0.25) is 0 Å². The van der Waals surface area contributed by atoms with E-state index in [0.29, 0.717) is 17.8 Å². The van der Waals surface area contributed by atoms with E-state index < -0.39 is 0 Å². The normalized spacial score (nSPS) is 10.5. The lowest BCUT2D eigenvalue weighted by molar-refractivity contribution is 0.101. The number of aromatic nitrogens is 2. The van der Waals surface area contributed by atoms with Gasteiger partial charge in [0.05, 0.1) is 6.33 Å². The highest BCUT2D eigenvalue weighted by atomic mass is 16.2. The van der Waals surface area contributed by atoms with E-state index in [2.05, 4.69) is 15.6 Å². The molecule has 154 valence electrons. The SMILES string of the molecule is Cc1ccccc1NC(=O)c1cn(Cc2ccc(NC(=O)c3ccccc3)cc2)cn1. The van der Waals surface area contributed by atoms with Crippen LogP contribution < -0.4 is 10.6 Å². The van der Waals surface area contributed by atoms with Gasteiger partial charge in [0.15, 0.2) is 0 Å². The highest BCUT2D eigenvalue weighted by molar-refractivity contribution is 6.04. The Morgan fingerprint density at radius 2 is 1.55 bits per heavy atom. The molecular formula is C25H22N4O2. The van der Waals surface area contributed by atoms with E-state index in [1.165, 1.54) is 0 Å². The number of imidazole rings is 1. The second-order valence-corrected chi connectivity index (χ2v) is 7.22. The summed E-state index contributed by atoms with van der Waals surface area (Å²) in [6, 6.07) is 24.3. The largest absolute Gasteiger partial charge is 0.332 e. The first kappa shape index (κ1) is 20.1. The summed E-state index contributed by atoms with van der Waals surface area (Å²) in [7, 11) is 0. The number of nitrogens with one attached hydrogen (secondary N) is 2. The molecule has 3 aromatic carbocycles. The van der Waals surface area contributed by atoms with Crippen LogP contribution in [0.15, 0.2) is 91.4 Å². The molecule has 0 saturated carbocycles. The van der Waals surface area contributed by atoms with E-state index >= 15 is 0 Å². The Balaban J connectivity index is 1.37. The summed E-state index contributed by atoms with van der Waals surface area (Å²) in [5.74, 6) is -0.390. The van der Waals surface area contributed by atoms with Crippen molar-refractivity contribution in [2.75, 3.05) is 10.6 Å². The van der Waals surface area contributed by atoms with Crippen LogP contribution in [0, 0.1) is 6.92 Å². The van der Waals surface area contributed by atoms with Gasteiger partial charge >= 0.3 is 0 Å². The van der Waals surface area contributed by atoms with Crippen LogP contribution in [0.4, 0.5) is 11.4 Å². The van der Waals surface area contributed by atoms with Crippen molar-refractivity contribution in [3.8, 4) is 0 Å². The van der Waals surface area contributed by atoms with Gasteiger partial charge < -0.3 is 15.2 Å². The second kappa shape index (κ2) is 9.09. The van der Waals surface area contributed by atoms with E-state index in [-0.39, 0.29) is 11.8 Å². The molecule has 0 aliphatic rings. The van der Waals surface area contributed by atoms with Crippen LogP contribution in [0.3, 0.4) is 0 Å². The molecule has 2 N–H and O–H groups in total. The highest BCUT2D eigenvalue weighted by Gasteiger charge is 2.11.